The largest absolute Gasteiger partial charge is 0.493 e. The highest BCUT2D eigenvalue weighted by atomic mass is 35.5. The highest BCUT2D eigenvalue weighted by Crippen LogP contribution is 2.42. The van der Waals surface area contributed by atoms with Crippen molar-refractivity contribution in [2.45, 2.75) is 11.3 Å². The minimum Gasteiger partial charge on any atom is -0.493 e. The van der Waals surface area contributed by atoms with Crippen LogP contribution < -0.4 is 19.7 Å². The van der Waals surface area contributed by atoms with Crippen LogP contribution in [-0.4, -0.2) is 39.1 Å². The van der Waals surface area contributed by atoms with Gasteiger partial charge in [0.15, 0.2) is 11.5 Å². The topological polar surface area (TPSA) is 67.9 Å². The summed E-state index contributed by atoms with van der Waals surface area (Å²) in [6.45, 7) is 0.362. The van der Waals surface area contributed by atoms with Gasteiger partial charge in [-0.15, -0.1) is 0 Å². The molecule has 1 heterocycles. The number of carbonyl (C=O) groups is 2. The van der Waals surface area contributed by atoms with Crippen LogP contribution in [0, 0.1) is 0 Å². The first-order chi connectivity index (χ1) is 17.0. The summed E-state index contributed by atoms with van der Waals surface area (Å²) >= 11 is 7.38. The van der Waals surface area contributed by atoms with Crippen molar-refractivity contribution in [1.82, 2.24) is 5.32 Å². The van der Waals surface area contributed by atoms with Crippen molar-refractivity contribution < 1.29 is 19.1 Å². The van der Waals surface area contributed by atoms with Gasteiger partial charge in [0.05, 0.1) is 24.8 Å². The zero-order chi connectivity index (χ0) is 24.8. The lowest BCUT2D eigenvalue weighted by molar-refractivity contribution is -0.122. The van der Waals surface area contributed by atoms with Crippen molar-refractivity contribution in [3.63, 3.8) is 0 Å². The molecule has 0 spiro atoms. The summed E-state index contributed by atoms with van der Waals surface area (Å²) in [5.74, 6) is 0.859. The van der Waals surface area contributed by atoms with Crippen LogP contribution in [0.2, 0.25) is 5.02 Å². The Labute approximate surface area is 213 Å². The molecule has 0 atom stereocenters. The number of nitrogens with one attached hydrogen (secondary N) is 1. The molecule has 1 aliphatic rings. The molecule has 2 amide bonds. The second-order valence-electron chi connectivity index (χ2n) is 7.81. The van der Waals surface area contributed by atoms with Crippen LogP contribution in [-0.2, 0) is 16.0 Å². The quantitative estimate of drug-likeness (QED) is 0.424. The summed E-state index contributed by atoms with van der Waals surface area (Å²) in [6.07, 6.45) is 2.44. The molecular formula is C27H25ClN2O4S. The van der Waals surface area contributed by atoms with E-state index in [4.69, 9.17) is 21.1 Å². The van der Waals surface area contributed by atoms with E-state index in [2.05, 4.69) is 5.32 Å². The van der Waals surface area contributed by atoms with E-state index in [1.54, 1.807) is 26.4 Å². The van der Waals surface area contributed by atoms with Crippen LogP contribution in [0.3, 0.4) is 0 Å². The molecule has 0 radical (unpaired) electrons. The number of hydrogen-bond acceptors (Lipinski definition) is 5. The zero-order valence-electron chi connectivity index (χ0n) is 19.4. The Morgan fingerprint density at radius 2 is 1.77 bits per heavy atom. The van der Waals surface area contributed by atoms with E-state index in [9.17, 15) is 9.59 Å². The first-order valence-corrected chi connectivity index (χ1v) is 12.2. The fraction of sp³-hybridized carbons (Fsp3) is 0.185. The predicted octanol–water partition coefficient (Wildman–Crippen LogP) is 5.20. The number of ether oxygens (including phenoxy) is 2. The lowest BCUT2D eigenvalue weighted by Crippen LogP contribution is -2.43. The fourth-order valence-corrected chi connectivity index (χ4v) is 4.90. The summed E-state index contributed by atoms with van der Waals surface area (Å²) in [5.41, 5.74) is 2.60. The Kier molecular flexibility index (Phi) is 8.00. The Hall–Kier alpha value is -3.42. The summed E-state index contributed by atoms with van der Waals surface area (Å²) < 4.78 is 10.6. The number of halogens is 1. The summed E-state index contributed by atoms with van der Waals surface area (Å²) in [4.78, 5) is 29.1. The van der Waals surface area contributed by atoms with Gasteiger partial charge in [0.2, 0.25) is 5.91 Å². The van der Waals surface area contributed by atoms with Crippen LogP contribution in [0.25, 0.3) is 6.08 Å². The number of para-hydroxylation sites is 1. The van der Waals surface area contributed by atoms with E-state index < -0.39 is 0 Å². The van der Waals surface area contributed by atoms with Gasteiger partial charge in [-0.1, -0.05) is 53.7 Å². The van der Waals surface area contributed by atoms with Gasteiger partial charge in [-0.2, -0.15) is 0 Å². The Balaban J connectivity index is 1.44. The molecular weight excluding hydrogens is 484 g/mol. The average molecular weight is 509 g/mol. The summed E-state index contributed by atoms with van der Waals surface area (Å²) in [7, 11) is 3.18. The molecule has 0 saturated heterocycles. The number of methoxy groups -OCH3 is 2. The summed E-state index contributed by atoms with van der Waals surface area (Å²) in [6, 6.07) is 20.5. The third-order valence-electron chi connectivity index (χ3n) is 5.49. The highest BCUT2D eigenvalue weighted by molar-refractivity contribution is 8.04. The van der Waals surface area contributed by atoms with Crippen molar-refractivity contribution >= 4 is 46.9 Å². The molecule has 0 bridgehead atoms. The van der Waals surface area contributed by atoms with Crippen LogP contribution in [0.4, 0.5) is 5.69 Å². The standard InChI is InChI=1S/C27H25ClN2O4S/c1-33-22-12-9-19(15-23(22)34-2)13-14-29-26(31)17-30-21-5-3-4-6-24(21)35-25(27(30)32)16-18-7-10-20(28)11-8-18/h3-12,15-16H,13-14,17H2,1-2H3,(H,29,31)/b25-16-. The second kappa shape index (κ2) is 11.3. The Morgan fingerprint density at radius 1 is 1.03 bits per heavy atom. The van der Waals surface area contributed by atoms with Crippen LogP contribution >= 0.6 is 23.4 Å². The van der Waals surface area contributed by atoms with Gasteiger partial charge in [-0.05, 0) is 60.0 Å². The van der Waals surface area contributed by atoms with Gasteiger partial charge in [0, 0.05) is 16.5 Å². The van der Waals surface area contributed by atoms with Crippen LogP contribution in [0.15, 0.2) is 76.5 Å². The lowest BCUT2D eigenvalue weighted by atomic mass is 10.1. The van der Waals surface area contributed by atoms with Gasteiger partial charge < -0.3 is 14.8 Å². The molecule has 3 aromatic carbocycles. The van der Waals surface area contributed by atoms with E-state index in [1.807, 2.05) is 60.7 Å². The first kappa shape index (κ1) is 24.7. The van der Waals surface area contributed by atoms with Crippen molar-refractivity contribution in [2.24, 2.45) is 0 Å². The maximum atomic E-state index is 13.3. The number of fused-ring (bicyclic) bond motifs is 1. The second-order valence-corrected chi connectivity index (χ2v) is 9.33. The Morgan fingerprint density at radius 3 is 2.51 bits per heavy atom. The van der Waals surface area contributed by atoms with E-state index in [0.717, 1.165) is 21.7 Å². The molecule has 0 aromatic heterocycles. The van der Waals surface area contributed by atoms with E-state index in [-0.39, 0.29) is 18.4 Å². The van der Waals surface area contributed by atoms with E-state index in [1.165, 1.54) is 16.7 Å². The molecule has 35 heavy (non-hydrogen) atoms. The number of thioether (sulfide) groups is 1. The molecule has 3 aromatic rings. The fourth-order valence-electron chi connectivity index (χ4n) is 3.71. The molecule has 6 nitrogen and oxygen atoms in total. The molecule has 0 unspecified atom stereocenters. The third-order valence-corrected chi connectivity index (χ3v) is 6.81. The SMILES string of the molecule is COc1ccc(CCNC(=O)CN2C(=O)/C(=C/c3ccc(Cl)cc3)Sc3ccccc32)cc1OC. The highest BCUT2D eigenvalue weighted by Gasteiger charge is 2.30. The number of amides is 2. The zero-order valence-corrected chi connectivity index (χ0v) is 21.0. The number of nitrogens with zero attached hydrogens (tertiary/aromatic N) is 1. The van der Waals surface area contributed by atoms with Crippen molar-refractivity contribution in [3.8, 4) is 11.5 Å². The third kappa shape index (κ3) is 5.99. The maximum absolute atomic E-state index is 13.3. The molecule has 0 fully saturated rings. The monoisotopic (exact) mass is 508 g/mol. The number of benzene rings is 3. The first-order valence-electron chi connectivity index (χ1n) is 11.0. The maximum Gasteiger partial charge on any atom is 0.265 e. The molecule has 8 heteroatoms. The number of rotatable bonds is 8. The molecule has 4 rings (SSSR count). The molecule has 1 N–H and O–H groups in total. The van der Waals surface area contributed by atoms with Gasteiger partial charge in [0.25, 0.3) is 5.91 Å². The van der Waals surface area contributed by atoms with Crippen LogP contribution in [0.1, 0.15) is 11.1 Å². The van der Waals surface area contributed by atoms with Gasteiger partial charge in [-0.25, -0.2) is 0 Å². The average Bonchev–Trinajstić information content (AvgIpc) is 2.87. The molecule has 1 aliphatic heterocycles. The van der Waals surface area contributed by atoms with Crippen molar-refractivity contribution in [1.29, 1.82) is 0 Å². The van der Waals surface area contributed by atoms with Gasteiger partial charge >= 0.3 is 0 Å². The van der Waals surface area contributed by atoms with E-state index in [0.29, 0.717) is 34.4 Å². The minimum absolute atomic E-state index is 0.0691. The van der Waals surface area contributed by atoms with Gasteiger partial charge in [0.1, 0.15) is 6.54 Å². The number of carbonyl (C=O) groups excluding carboxylic acids is 2. The van der Waals surface area contributed by atoms with Crippen molar-refractivity contribution in [2.75, 3.05) is 32.2 Å². The smallest absolute Gasteiger partial charge is 0.265 e. The molecule has 180 valence electrons. The van der Waals surface area contributed by atoms with Gasteiger partial charge in [-0.3, -0.25) is 14.5 Å². The van der Waals surface area contributed by atoms with Crippen LogP contribution in [0.5, 0.6) is 11.5 Å². The lowest BCUT2D eigenvalue weighted by Gasteiger charge is -2.29. The number of hydrogen-bond donors (Lipinski definition) is 1. The number of anilines is 1. The van der Waals surface area contributed by atoms with Crippen molar-refractivity contribution in [3.05, 3.63) is 87.8 Å². The Bertz CT molecular complexity index is 1260. The normalized spacial score (nSPS) is 14.0. The molecule has 0 aliphatic carbocycles. The predicted molar refractivity (Wildman–Crippen MR) is 140 cm³/mol. The van der Waals surface area contributed by atoms with E-state index >= 15 is 0 Å². The minimum atomic E-state index is -0.230. The summed E-state index contributed by atoms with van der Waals surface area (Å²) in [5, 5.41) is 3.55. The molecule has 0 saturated carbocycles.